The maximum absolute atomic E-state index is 5.74. The van der Waals surface area contributed by atoms with Crippen LogP contribution in [0.1, 0.15) is 52.4 Å². The first-order chi connectivity index (χ1) is 7.20. The molecule has 0 bridgehead atoms. The molecule has 0 fully saturated rings. The Balaban J connectivity index is 3.58. The molecule has 0 aliphatic carbocycles. The quantitative estimate of drug-likeness (QED) is 0.355. The molecule has 0 aliphatic rings. The number of hydrogen-bond acceptors (Lipinski definition) is 0. The molecule has 0 atom stereocenters. The van der Waals surface area contributed by atoms with E-state index in [-0.39, 0.29) is 12.8 Å². The summed E-state index contributed by atoms with van der Waals surface area (Å²) in [4.78, 5) is -0.154. The SMILES string of the molecule is CCCCP(CCCC)CCCC(Cl)Cl. The van der Waals surface area contributed by atoms with Gasteiger partial charge in [0.2, 0.25) is 0 Å². The summed E-state index contributed by atoms with van der Waals surface area (Å²) in [5, 5.41) is 0. The third-order valence-corrected chi connectivity index (χ3v) is 5.83. The molecule has 0 aromatic carbocycles. The van der Waals surface area contributed by atoms with Crippen molar-refractivity contribution >= 4 is 31.1 Å². The number of hydrogen-bond donors (Lipinski definition) is 0. The van der Waals surface area contributed by atoms with Gasteiger partial charge in [-0.3, -0.25) is 0 Å². The summed E-state index contributed by atoms with van der Waals surface area (Å²) in [5.41, 5.74) is 0. The van der Waals surface area contributed by atoms with Gasteiger partial charge in [0.1, 0.15) is 4.84 Å². The van der Waals surface area contributed by atoms with Crippen LogP contribution in [-0.2, 0) is 0 Å². The molecule has 15 heavy (non-hydrogen) atoms. The van der Waals surface area contributed by atoms with Gasteiger partial charge in [0, 0.05) is 0 Å². The lowest BCUT2D eigenvalue weighted by Crippen LogP contribution is -1.97. The first-order valence-corrected chi connectivity index (χ1v) is 8.98. The molecule has 0 aliphatic heterocycles. The minimum atomic E-state index is -0.154. The molecule has 0 N–H and O–H groups in total. The summed E-state index contributed by atoms with van der Waals surface area (Å²) in [6.45, 7) is 4.56. The smallest absolute Gasteiger partial charge is 0.107 e. The van der Waals surface area contributed by atoms with Crippen LogP contribution in [0.4, 0.5) is 0 Å². The Morgan fingerprint density at radius 1 is 0.867 bits per heavy atom. The van der Waals surface area contributed by atoms with Crippen molar-refractivity contribution in [2.24, 2.45) is 0 Å². The Morgan fingerprint density at radius 3 is 1.73 bits per heavy atom. The van der Waals surface area contributed by atoms with E-state index >= 15 is 0 Å². The lowest BCUT2D eigenvalue weighted by molar-refractivity contribution is 0.837. The van der Waals surface area contributed by atoms with E-state index in [0.717, 1.165) is 6.42 Å². The van der Waals surface area contributed by atoms with Gasteiger partial charge in [-0.25, -0.2) is 0 Å². The molecule has 0 aromatic heterocycles. The number of rotatable bonds is 10. The van der Waals surface area contributed by atoms with Crippen LogP contribution in [0.5, 0.6) is 0 Å². The second kappa shape index (κ2) is 11.5. The highest BCUT2D eigenvalue weighted by Crippen LogP contribution is 2.39. The van der Waals surface area contributed by atoms with Crippen molar-refractivity contribution in [2.45, 2.75) is 57.2 Å². The van der Waals surface area contributed by atoms with Crippen LogP contribution in [0.25, 0.3) is 0 Å². The zero-order valence-electron chi connectivity index (χ0n) is 10.1. The van der Waals surface area contributed by atoms with Crippen LogP contribution in [0.2, 0.25) is 0 Å². The normalized spacial score (nSPS) is 11.6. The fourth-order valence-electron chi connectivity index (χ4n) is 1.57. The van der Waals surface area contributed by atoms with Crippen LogP contribution < -0.4 is 0 Å². The molecule has 0 saturated heterocycles. The van der Waals surface area contributed by atoms with Gasteiger partial charge in [0.15, 0.2) is 0 Å². The van der Waals surface area contributed by atoms with Crippen molar-refractivity contribution in [1.29, 1.82) is 0 Å². The lowest BCUT2D eigenvalue weighted by atomic mass is 10.4. The van der Waals surface area contributed by atoms with Crippen LogP contribution >= 0.6 is 31.1 Å². The van der Waals surface area contributed by atoms with E-state index < -0.39 is 0 Å². The highest BCUT2D eigenvalue weighted by molar-refractivity contribution is 7.57. The Morgan fingerprint density at radius 2 is 1.33 bits per heavy atom. The molecule has 0 saturated carbocycles. The molecule has 0 spiro atoms. The van der Waals surface area contributed by atoms with Gasteiger partial charge in [-0.1, -0.05) is 26.7 Å². The van der Waals surface area contributed by atoms with Crippen LogP contribution in [0.15, 0.2) is 0 Å². The molecular formula is C12H25Cl2P. The van der Waals surface area contributed by atoms with E-state index in [2.05, 4.69) is 13.8 Å². The summed E-state index contributed by atoms with van der Waals surface area (Å²) in [6, 6.07) is 0. The summed E-state index contributed by atoms with van der Waals surface area (Å²) < 4.78 is 0. The molecule has 0 amide bonds. The Kier molecular flexibility index (Phi) is 12.3. The van der Waals surface area contributed by atoms with Crippen molar-refractivity contribution in [1.82, 2.24) is 0 Å². The first kappa shape index (κ1) is 16.0. The van der Waals surface area contributed by atoms with E-state index in [1.165, 1.54) is 50.6 Å². The van der Waals surface area contributed by atoms with E-state index in [0.29, 0.717) is 0 Å². The Labute approximate surface area is 107 Å². The molecule has 0 heterocycles. The third-order valence-electron chi connectivity index (χ3n) is 2.55. The van der Waals surface area contributed by atoms with E-state index in [9.17, 15) is 0 Å². The predicted molar refractivity (Wildman–Crippen MR) is 76.1 cm³/mol. The number of halogens is 2. The van der Waals surface area contributed by atoms with Gasteiger partial charge in [-0.05, 0) is 44.2 Å². The summed E-state index contributed by atoms with van der Waals surface area (Å²) in [7, 11) is 0.280. The lowest BCUT2D eigenvalue weighted by Gasteiger charge is -2.17. The van der Waals surface area contributed by atoms with Gasteiger partial charge < -0.3 is 0 Å². The Hall–Kier alpha value is 1.01. The standard InChI is InChI=1S/C12H25Cl2P/c1-3-5-9-15(10-6-4-2)11-7-8-12(13)14/h12H,3-11H2,1-2H3. The maximum Gasteiger partial charge on any atom is 0.107 e. The third kappa shape index (κ3) is 11.3. The summed E-state index contributed by atoms with van der Waals surface area (Å²) in [5.74, 6) is 0. The van der Waals surface area contributed by atoms with Gasteiger partial charge in [0.25, 0.3) is 0 Å². The fourth-order valence-corrected chi connectivity index (χ4v) is 4.70. The second-order valence-electron chi connectivity index (χ2n) is 4.08. The Bertz CT molecular complexity index is 121. The van der Waals surface area contributed by atoms with Crippen molar-refractivity contribution in [3.8, 4) is 0 Å². The van der Waals surface area contributed by atoms with Gasteiger partial charge in [-0.2, -0.15) is 0 Å². The van der Waals surface area contributed by atoms with Gasteiger partial charge in [-0.15, -0.1) is 31.1 Å². The molecule has 0 aromatic rings. The average molecular weight is 271 g/mol. The average Bonchev–Trinajstić information content (AvgIpc) is 2.20. The van der Waals surface area contributed by atoms with E-state index in [1.54, 1.807) is 0 Å². The largest absolute Gasteiger partial charge is 0.107 e. The topological polar surface area (TPSA) is 0 Å². The summed E-state index contributed by atoms with van der Waals surface area (Å²) in [6.07, 6.45) is 12.0. The van der Waals surface area contributed by atoms with Crippen molar-refractivity contribution < 1.29 is 0 Å². The van der Waals surface area contributed by atoms with Crippen LogP contribution in [0, 0.1) is 0 Å². The monoisotopic (exact) mass is 270 g/mol. The minimum absolute atomic E-state index is 0.154. The molecule has 0 rings (SSSR count). The van der Waals surface area contributed by atoms with Crippen molar-refractivity contribution in [2.75, 3.05) is 18.5 Å². The van der Waals surface area contributed by atoms with Gasteiger partial charge >= 0.3 is 0 Å². The predicted octanol–water partition coefficient (Wildman–Crippen LogP) is 5.65. The van der Waals surface area contributed by atoms with Crippen LogP contribution in [-0.4, -0.2) is 23.3 Å². The molecule has 0 unspecified atom stereocenters. The second-order valence-corrected chi connectivity index (χ2v) is 8.04. The highest BCUT2D eigenvalue weighted by Gasteiger charge is 2.07. The zero-order valence-corrected chi connectivity index (χ0v) is 12.6. The van der Waals surface area contributed by atoms with Gasteiger partial charge in [0.05, 0.1) is 0 Å². The fraction of sp³-hybridized carbons (Fsp3) is 1.00. The van der Waals surface area contributed by atoms with E-state index in [4.69, 9.17) is 23.2 Å². The van der Waals surface area contributed by atoms with Crippen molar-refractivity contribution in [3.63, 3.8) is 0 Å². The highest BCUT2D eigenvalue weighted by atomic mass is 35.5. The first-order valence-electron chi connectivity index (χ1n) is 6.21. The van der Waals surface area contributed by atoms with E-state index in [1.807, 2.05) is 0 Å². The van der Waals surface area contributed by atoms with Crippen LogP contribution in [0.3, 0.4) is 0 Å². The minimum Gasteiger partial charge on any atom is -0.107 e. The molecule has 3 heteroatoms. The molecule has 92 valence electrons. The maximum atomic E-state index is 5.74. The summed E-state index contributed by atoms with van der Waals surface area (Å²) >= 11 is 11.5. The number of unbranched alkanes of at least 4 members (excludes halogenated alkanes) is 2. The molecular weight excluding hydrogens is 246 g/mol. The zero-order chi connectivity index (χ0) is 11.5. The van der Waals surface area contributed by atoms with Crippen molar-refractivity contribution in [3.05, 3.63) is 0 Å². The number of alkyl halides is 2. The molecule has 0 nitrogen and oxygen atoms in total. The molecule has 0 radical (unpaired) electrons.